The van der Waals surface area contributed by atoms with Gasteiger partial charge in [0.15, 0.2) is 17.3 Å². The summed E-state index contributed by atoms with van der Waals surface area (Å²) >= 11 is 0. The van der Waals surface area contributed by atoms with Gasteiger partial charge in [-0.1, -0.05) is 53.4 Å². The van der Waals surface area contributed by atoms with Crippen LogP contribution in [-0.2, 0) is 28.7 Å². The second-order valence-electron chi connectivity index (χ2n) is 15.4. The molecule has 0 aromatic carbocycles. The molecular formula is C38H56N4O7. The summed E-state index contributed by atoms with van der Waals surface area (Å²) in [5.41, 5.74) is -0.527. The fraction of sp³-hybridized carbons (Fsp3) is 0.737. The Hall–Kier alpha value is -3.34. The van der Waals surface area contributed by atoms with Gasteiger partial charge in [0.1, 0.15) is 11.7 Å². The highest BCUT2D eigenvalue weighted by atomic mass is 16.5. The Morgan fingerprint density at radius 2 is 1.67 bits per heavy atom. The molecule has 4 rings (SSSR count). The average Bonchev–Trinajstić information content (AvgIpc) is 3.80. The van der Waals surface area contributed by atoms with Crippen LogP contribution in [0.5, 0.6) is 0 Å². The summed E-state index contributed by atoms with van der Waals surface area (Å²) in [6.45, 7) is 10.1. The van der Waals surface area contributed by atoms with Crippen molar-refractivity contribution in [3.05, 3.63) is 24.3 Å². The number of likely N-dealkylation sites (tertiary alicyclic amines) is 1. The van der Waals surface area contributed by atoms with Crippen LogP contribution in [0.4, 0.5) is 0 Å². The van der Waals surface area contributed by atoms with Crippen LogP contribution < -0.4 is 5.32 Å². The summed E-state index contributed by atoms with van der Waals surface area (Å²) < 4.78 is 5.99. The molecule has 1 saturated heterocycles. The predicted octanol–water partition coefficient (Wildman–Crippen LogP) is 5.10. The number of hydrogen-bond donors (Lipinski definition) is 1. The van der Waals surface area contributed by atoms with Crippen LogP contribution in [0.2, 0.25) is 0 Å². The van der Waals surface area contributed by atoms with Crippen molar-refractivity contribution < 1.29 is 33.5 Å². The monoisotopic (exact) mass is 680 g/mol. The van der Waals surface area contributed by atoms with Gasteiger partial charge in [0, 0.05) is 56.6 Å². The zero-order valence-corrected chi connectivity index (χ0v) is 30.1. The van der Waals surface area contributed by atoms with Crippen LogP contribution in [0.1, 0.15) is 129 Å². The first-order valence-electron chi connectivity index (χ1n) is 18.5. The quantitative estimate of drug-likeness (QED) is 0.209. The van der Waals surface area contributed by atoms with Gasteiger partial charge in [-0.3, -0.25) is 33.8 Å². The normalized spacial score (nSPS) is 21.9. The molecule has 0 unspecified atom stereocenters. The molecule has 49 heavy (non-hydrogen) atoms. The Bertz CT molecular complexity index is 1330. The maximum absolute atomic E-state index is 14.6. The maximum atomic E-state index is 14.6. The van der Waals surface area contributed by atoms with Crippen molar-refractivity contribution in [3.63, 3.8) is 0 Å². The van der Waals surface area contributed by atoms with Crippen LogP contribution in [0.15, 0.2) is 18.6 Å². The highest BCUT2D eigenvalue weighted by molar-refractivity contribution is 6.38. The largest absolute Gasteiger partial charge is 0.376 e. The van der Waals surface area contributed by atoms with Gasteiger partial charge in [-0.25, -0.2) is 4.98 Å². The first-order valence-corrected chi connectivity index (χ1v) is 18.5. The van der Waals surface area contributed by atoms with E-state index < -0.39 is 52.9 Å². The molecule has 3 aliphatic rings. The summed E-state index contributed by atoms with van der Waals surface area (Å²) in [5.74, 6) is -3.47. The van der Waals surface area contributed by atoms with Crippen molar-refractivity contribution in [3.8, 4) is 0 Å². The number of Topliss-reactive ketones (excluding diaryl/α,β-unsaturated/α-hetero) is 4. The van der Waals surface area contributed by atoms with E-state index >= 15 is 0 Å². The third kappa shape index (κ3) is 10.3. The van der Waals surface area contributed by atoms with Gasteiger partial charge in [0.05, 0.1) is 18.3 Å². The number of amides is 2. The van der Waals surface area contributed by atoms with E-state index in [-0.39, 0.29) is 60.8 Å². The van der Waals surface area contributed by atoms with Crippen LogP contribution in [0, 0.1) is 29.1 Å². The predicted molar refractivity (Wildman–Crippen MR) is 183 cm³/mol. The minimum atomic E-state index is -0.913. The fourth-order valence-corrected chi connectivity index (χ4v) is 7.58. The Morgan fingerprint density at radius 1 is 0.959 bits per heavy atom. The molecule has 1 aromatic heterocycles. The molecule has 11 heteroatoms. The summed E-state index contributed by atoms with van der Waals surface area (Å²) in [6, 6.07) is -1.70. The third-order valence-electron chi connectivity index (χ3n) is 10.5. The number of ether oxygens (including phenoxy) is 1. The van der Waals surface area contributed by atoms with Gasteiger partial charge in [-0.2, -0.15) is 0 Å². The molecule has 1 aliphatic heterocycles. The zero-order chi connectivity index (χ0) is 35.7. The van der Waals surface area contributed by atoms with Gasteiger partial charge in [0.2, 0.25) is 11.7 Å². The van der Waals surface area contributed by atoms with E-state index in [0.717, 1.165) is 44.9 Å². The number of nitrogens with zero attached hydrogens (tertiary/aromatic N) is 3. The molecule has 2 amide bonds. The second kappa shape index (κ2) is 17.5. The molecule has 0 spiro atoms. The smallest absolute Gasteiger partial charge is 0.272 e. The van der Waals surface area contributed by atoms with E-state index in [9.17, 15) is 28.8 Å². The van der Waals surface area contributed by atoms with E-state index in [1.54, 1.807) is 4.90 Å². The summed E-state index contributed by atoms with van der Waals surface area (Å²) in [5, 5.41) is 2.94. The topological polar surface area (TPSA) is 153 Å². The summed E-state index contributed by atoms with van der Waals surface area (Å²) in [4.78, 5) is 91.7. The number of hydrogen-bond acceptors (Lipinski definition) is 9. The van der Waals surface area contributed by atoms with Crippen molar-refractivity contribution in [1.29, 1.82) is 0 Å². The number of carbonyl (C=O) groups is 6. The molecule has 270 valence electrons. The Balaban J connectivity index is 1.55. The lowest BCUT2D eigenvalue weighted by atomic mass is 9.74. The first-order chi connectivity index (χ1) is 23.3. The molecule has 2 heterocycles. The maximum Gasteiger partial charge on any atom is 0.272 e. The number of nitrogens with one attached hydrogen (secondary N) is 1. The second-order valence-corrected chi connectivity index (χ2v) is 15.4. The van der Waals surface area contributed by atoms with Crippen molar-refractivity contribution in [2.75, 3.05) is 13.2 Å². The fourth-order valence-electron chi connectivity index (χ4n) is 7.58. The van der Waals surface area contributed by atoms with Crippen molar-refractivity contribution in [2.24, 2.45) is 29.1 Å². The highest BCUT2D eigenvalue weighted by Gasteiger charge is 2.48. The molecule has 2 saturated carbocycles. The molecule has 0 bridgehead atoms. The first kappa shape index (κ1) is 38.5. The van der Waals surface area contributed by atoms with Crippen molar-refractivity contribution >= 4 is 34.9 Å². The Kier molecular flexibility index (Phi) is 13.8. The van der Waals surface area contributed by atoms with Crippen LogP contribution in [0.3, 0.4) is 0 Å². The summed E-state index contributed by atoms with van der Waals surface area (Å²) in [6.07, 6.45) is 11.7. The molecule has 5 atom stereocenters. The van der Waals surface area contributed by atoms with E-state index in [4.69, 9.17) is 4.74 Å². The molecule has 11 nitrogen and oxygen atoms in total. The van der Waals surface area contributed by atoms with Gasteiger partial charge in [-0.15, -0.1) is 0 Å². The molecule has 3 fully saturated rings. The molecule has 2 aliphatic carbocycles. The Labute approximate surface area is 291 Å². The average molecular weight is 681 g/mol. The lowest BCUT2D eigenvalue weighted by molar-refractivity contribution is -0.149. The molecular weight excluding hydrogens is 624 g/mol. The SMILES string of the molecule is CCC[C@H](CC(=O)[C@H]1[C@H](OCC)CCN1C(=O)[C@@H](CC(=O)[C@@H](NC(=O)c1cnccn1)C1CCCCC1)C(C)(C)C)C(=O)C(=O)CC1CC1. The van der Waals surface area contributed by atoms with Crippen molar-refractivity contribution in [1.82, 2.24) is 20.2 Å². The van der Waals surface area contributed by atoms with Crippen LogP contribution in [0.25, 0.3) is 0 Å². The van der Waals surface area contributed by atoms with E-state index in [1.807, 2.05) is 34.6 Å². The van der Waals surface area contributed by atoms with Crippen LogP contribution >= 0.6 is 0 Å². The lowest BCUT2D eigenvalue weighted by Crippen LogP contribution is -2.52. The Morgan fingerprint density at radius 3 is 2.27 bits per heavy atom. The van der Waals surface area contributed by atoms with Gasteiger partial charge >= 0.3 is 0 Å². The van der Waals surface area contributed by atoms with Gasteiger partial charge < -0.3 is 15.0 Å². The third-order valence-corrected chi connectivity index (χ3v) is 10.5. The standard InChI is InChI=1S/C38H56N4O7/c1-6-11-26(35(46)31(45)20-24-14-15-24)21-30(44)34-32(49-7-2)16-19-42(34)37(48)27(38(3,4)5)22-29(43)33(25-12-9-8-10-13-25)41-36(47)28-23-39-17-18-40-28/h17-18,23-27,32-34H,6-16,19-22H2,1-5H3,(H,41,47)/t26-,27-,32-,33+,34+/m1/s1. The van der Waals surface area contributed by atoms with Crippen LogP contribution in [-0.4, -0.2) is 81.2 Å². The molecule has 1 aromatic rings. The summed E-state index contributed by atoms with van der Waals surface area (Å²) in [7, 11) is 0. The number of rotatable bonds is 18. The number of ketones is 4. The minimum Gasteiger partial charge on any atom is -0.376 e. The van der Waals surface area contributed by atoms with E-state index in [0.29, 0.717) is 25.9 Å². The van der Waals surface area contributed by atoms with Crippen molar-refractivity contribution in [2.45, 2.75) is 136 Å². The molecule has 1 N–H and O–H groups in total. The lowest BCUT2D eigenvalue weighted by Gasteiger charge is -2.37. The zero-order valence-electron chi connectivity index (χ0n) is 30.1. The van der Waals surface area contributed by atoms with E-state index in [2.05, 4.69) is 15.3 Å². The minimum absolute atomic E-state index is 0.0586. The van der Waals surface area contributed by atoms with Gasteiger partial charge in [-0.05, 0) is 62.7 Å². The number of carbonyl (C=O) groups excluding carboxylic acids is 6. The van der Waals surface area contributed by atoms with Gasteiger partial charge in [0.25, 0.3) is 5.91 Å². The van der Waals surface area contributed by atoms with E-state index in [1.165, 1.54) is 18.6 Å². The highest BCUT2D eigenvalue weighted by Crippen LogP contribution is 2.37. The molecule has 0 radical (unpaired) electrons. The number of aromatic nitrogens is 2.